The quantitative estimate of drug-likeness (QED) is 0.220. The first-order valence-corrected chi connectivity index (χ1v) is 10.1. The van der Waals surface area contributed by atoms with E-state index in [1.807, 2.05) is 0 Å². The molecule has 0 atom stereocenters. The predicted molar refractivity (Wildman–Crippen MR) is 118 cm³/mol. The fourth-order valence-corrected chi connectivity index (χ4v) is 4.06. The van der Waals surface area contributed by atoms with E-state index in [4.69, 9.17) is 11.5 Å². The molecule has 4 heterocycles. The Bertz CT molecular complexity index is 1640. The summed E-state index contributed by atoms with van der Waals surface area (Å²) in [6, 6.07) is 7.22. The molecule has 12 heteroatoms. The molecule has 0 aliphatic heterocycles. The number of fused-ring (bicyclic) bond motifs is 2. The summed E-state index contributed by atoms with van der Waals surface area (Å²) in [5, 5.41) is 7.69. The average molecular weight is 486 g/mol. The maximum atomic E-state index is 14.1. The van der Waals surface area contributed by atoms with Crippen LogP contribution in [0.2, 0.25) is 0 Å². The molecule has 0 spiro atoms. The number of benzene rings is 1. The maximum absolute atomic E-state index is 14.1. The summed E-state index contributed by atoms with van der Waals surface area (Å²) in [6.07, 6.45) is -2.46. The first-order valence-electron chi connectivity index (χ1n) is 10.1. The number of anilines is 2. The lowest BCUT2D eigenvalue weighted by Gasteiger charge is -2.17. The van der Waals surface area contributed by atoms with E-state index in [1.54, 1.807) is 0 Å². The number of hydrogen-bond donors (Lipinski definition) is 2. The van der Waals surface area contributed by atoms with Gasteiger partial charge in [0.25, 0.3) is 0 Å². The van der Waals surface area contributed by atoms with Crippen molar-refractivity contribution in [2.75, 3.05) is 11.5 Å². The summed E-state index contributed by atoms with van der Waals surface area (Å²) in [7, 11) is 0. The van der Waals surface area contributed by atoms with Crippen molar-refractivity contribution in [1.29, 1.82) is 0 Å². The molecule has 35 heavy (non-hydrogen) atoms. The van der Waals surface area contributed by atoms with Crippen molar-refractivity contribution in [1.82, 2.24) is 19.0 Å². The third kappa shape index (κ3) is 3.36. The molecular weight excluding hydrogens is 471 g/mol. The third-order valence-electron chi connectivity index (χ3n) is 5.74. The smallest absolute Gasteiger partial charge is 0.395 e. The van der Waals surface area contributed by atoms with Gasteiger partial charge >= 0.3 is 6.18 Å². The van der Waals surface area contributed by atoms with Crippen molar-refractivity contribution in [3.8, 4) is 11.1 Å². The zero-order chi connectivity index (χ0) is 25.2. The van der Waals surface area contributed by atoms with Crippen molar-refractivity contribution in [2.45, 2.75) is 13.1 Å². The fraction of sp³-hybridized carbons (Fsp3) is 0.0870. The van der Waals surface area contributed by atoms with E-state index in [0.29, 0.717) is 0 Å². The molecule has 1 aromatic carbocycles. The number of halogens is 5. The standard InChI is InChI=1S/C23H15F5N6O/c1-10-31-32-22-20(30)18(13(9-34(10)22)23(26,27)28)12-3-2-6-33-16(12)4-5-17(33)21(35)11-7-14(24)19(29)15(25)8-11/h2-9H,29-30H2,1H3. The van der Waals surface area contributed by atoms with Gasteiger partial charge < -0.3 is 15.9 Å². The average Bonchev–Trinajstić information content (AvgIpc) is 3.40. The molecule has 0 aliphatic carbocycles. The molecule has 0 amide bonds. The summed E-state index contributed by atoms with van der Waals surface area (Å²) in [6.45, 7) is 1.49. The number of carbonyl (C=O) groups excluding carboxylic acids is 1. The van der Waals surface area contributed by atoms with Gasteiger partial charge in [-0.05, 0) is 37.3 Å². The molecular formula is C23H15F5N6O. The molecule has 5 rings (SSSR count). The van der Waals surface area contributed by atoms with Crippen LogP contribution in [0, 0.1) is 18.6 Å². The minimum Gasteiger partial charge on any atom is -0.395 e. The fourth-order valence-electron chi connectivity index (χ4n) is 4.06. The predicted octanol–water partition coefficient (Wildman–Crippen LogP) is 4.65. The van der Waals surface area contributed by atoms with Crippen LogP contribution in [0.4, 0.5) is 33.3 Å². The van der Waals surface area contributed by atoms with E-state index in [2.05, 4.69) is 10.2 Å². The highest BCUT2D eigenvalue weighted by atomic mass is 19.4. The van der Waals surface area contributed by atoms with Crippen molar-refractivity contribution < 1.29 is 26.7 Å². The van der Waals surface area contributed by atoms with Crippen LogP contribution in [0.15, 0.2) is 48.8 Å². The summed E-state index contributed by atoms with van der Waals surface area (Å²) >= 11 is 0. The van der Waals surface area contributed by atoms with E-state index in [1.165, 1.54) is 41.8 Å². The molecule has 0 saturated carbocycles. The second-order valence-corrected chi connectivity index (χ2v) is 7.85. The number of aromatic nitrogens is 4. The molecule has 5 aromatic rings. The molecule has 178 valence electrons. The molecule has 7 nitrogen and oxygen atoms in total. The van der Waals surface area contributed by atoms with Gasteiger partial charge in [0.2, 0.25) is 5.78 Å². The summed E-state index contributed by atoms with van der Waals surface area (Å²) in [5.41, 5.74) is 9.11. The number of alkyl halides is 3. The molecule has 4 aromatic heterocycles. The van der Waals surface area contributed by atoms with Crippen LogP contribution in [0.25, 0.3) is 22.3 Å². The number of ketones is 1. The zero-order valence-corrected chi connectivity index (χ0v) is 17.9. The van der Waals surface area contributed by atoms with E-state index in [0.717, 1.165) is 22.7 Å². The Morgan fingerprint density at radius 2 is 1.66 bits per heavy atom. The van der Waals surface area contributed by atoms with Crippen LogP contribution in [0.5, 0.6) is 0 Å². The van der Waals surface area contributed by atoms with Crippen LogP contribution in [0.3, 0.4) is 0 Å². The molecule has 0 fully saturated rings. The molecule has 0 bridgehead atoms. The van der Waals surface area contributed by atoms with Crippen LogP contribution in [-0.4, -0.2) is 24.8 Å². The number of aryl methyl sites for hydroxylation is 1. The summed E-state index contributed by atoms with van der Waals surface area (Å²) in [5.74, 6) is -2.74. The highest BCUT2D eigenvalue weighted by Crippen LogP contribution is 2.43. The Hall–Kier alpha value is -4.48. The highest BCUT2D eigenvalue weighted by Gasteiger charge is 2.37. The number of pyridine rings is 2. The second kappa shape index (κ2) is 7.52. The van der Waals surface area contributed by atoms with Gasteiger partial charge in [-0.25, -0.2) is 8.78 Å². The second-order valence-electron chi connectivity index (χ2n) is 7.85. The highest BCUT2D eigenvalue weighted by molar-refractivity contribution is 6.09. The number of nitrogen functional groups attached to an aromatic ring is 2. The molecule has 0 unspecified atom stereocenters. The molecule has 0 saturated heterocycles. The Labute approximate surface area is 193 Å². The van der Waals surface area contributed by atoms with Crippen LogP contribution in [-0.2, 0) is 6.18 Å². The SMILES string of the molecule is Cc1nnc2c(N)c(-c3cccn4c(C(=O)c5cc(F)c(N)c(F)c5)ccc34)c(C(F)(F)F)cn12. The molecule has 0 aliphatic rings. The van der Waals surface area contributed by atoms with Gasteiger partial charge in [-0.15, -0.1) is 10.2 Å². The van der Waals surface area contributed by atoms with Gasteiger partial charge in [0.1, 0.15) is 23.1 Å². The summed E-state index contributed by atoms with van der Waals surface area (Å²) < 4.78 is 72.6. The van der Waals surface area contributed by atoms with Gasteiger partial charge in [0.05, 0.1) is 22.5 Å². The number of hydrogen-bond acceptors (Lipinski definition) is 5. The lowest BCUT2D eigenvalue weighted by atomic mass is 9.99. The van der Waals surface area contributed by atoms with Gasteiger partial charge in [-0.1, -0.05) is 6.07 Å². The van der Waals surface area contributed by atoms with E-state index in [-0.39, 0.29) is 45.1 Å². The van der Waals surface area contributed by atoms with Crippen molar-refractivity contribution in [3.63, 3.8) is 0 Å². The van der Waals surface area contributed by atoms with E-state index in [9.17, 15) is 26.7 Å². The largest absolute Gasteiger partial charge is 0.418 e. The van der Waals surface area contributed by atoms with Crippen LogP contribution >= 0.6 is 0 Å². The summed E-state index contributed by atoms with van der Waals surface area (Å²) in [4.78, 5) is 13.0. The van der Waals surface area contributed by atoms with Gasteiger partial charge in [-0.2, -0.15) is 13.2 Å². The number of nitrogens with two attached hydrogens (primary N) is 2. The van der Waals surface area contributed by atoms with Gasteiger partial charge in [0, 0.05) is 29.1 Å². The Kier molecular flexibility index (Phi) is 4.79. The van der Waals surface area contributed by atoms with Crippen LogP contribution < -0.4 is 11.5 Å². The first kappa shape index (κ1) is 22.3. The number of rotatable bonds is 3. The van der Waals surface area contributed by atoms with Crippen molar-refractivity contribution in [3.05, 3.63) is 83.1 Å². The minimum atomic E-state index is -4.77. The topological polar surface area (TPSA) is 104 Å². The lowest BCUT2D eigenvalue weighted by molar-refractivity contribution is -0.137. The normalized spacial score (nSPS) is 12.1. The monoisotopic (exact) mass is 486 g/mol. The Balaban J connectivity index is 1.75. The Morgan fingerprint density at radius 3 is 2.31 bits per heavy atom. The van der Waals surface area contributed by atoms with Crippen molar-refractivity contribution >= 4 is 28.3 Å². The Morgan fingerprint density at radius 1 is 0.971 bits per heavy atom. The van der Waals surface area contributed by atoms with Crippen LogP contribution in [0.1, 0.15) is 27.4 Å². The van der Waals surface area contributed by atoms with E-state index < -0.39 is 34.8 Å². The maximum Gasteiger partial charge on any atom is 0.418 e. The number of carbonyl (C=O) groups is 1. The van der Waals surface area contributed by atoms with Gasteiger partial charge in [0.15, 0.2) is 5.65 Å². The molecule has 4 N–H and O–H groups in total. The minimum absolute atomic E-state index is 0.0306. The van der Waals surface area contributed by atoms with Crippen molar-refractivity contribution in [2.24, 2.45) is 0 Å². The first-order chi connectivity index (χ1) is 16.5. The molecule has 0 radical (unpaired) electrons. The number of nitrogens with zero attached hydrogens (tertiary/aromatic N) is 4. The lowest BCUT2D eigenvalue weighted by Crippen LogP contribution is -2.12. The van der Waals surface area contributed by atoms with Gasteiger partial charge in [-0.3, -0.25) is 9.20 Å². The van der Waals surface area contributed by atoms with E-state index >= 15 is 0 Å². The third-order valence-corrected chi connectivity index (χ3v) is 5.74. The zero-order valence-electron chi connectivity index (χ0n) is 17.9.